The molecule has 126 valence electrons. The lowest BCUT2D eigenvalue weighted by Gasteiger charge is -2.62. The van der Waals surface area contributed by atoms with Gasteiger partial charge in [-0.05, 0) is 75.5 Å². The number of carbonyl (C=O) groups is 1. The molecule has 2 unspecified atom stereocenters. The molecule has 5 fully saturated rings. The quantitative estimate of drug-likeness (QED) is 0.867. The average Bonchev–Trinajstić information content (AvgIpc) is 3.28. The SMILES string of the molecule is C[C@H](C(=O)N(C1CC1)[C@@H](C)C#N)C12CC3CC(CC(O)(C3)C1)C2. The third-order valence-electron chi connectivity index (χ3n) is 7.16. The van der Waals surface area contributed by atoms with Crippen LogP contribution in [0.25, 0.3) is 0 Å². The van der Waals surface area contributed by atoms with Crippen molar-refractivity contribution in [1.82, 2.24) is 4.90 Å². The molecule has 0 radical (unpaired) electrons. The monoisotopic (exact) mass is 316 g/mol. The third kappa shape index (κ3) is 2.39. The van der Waals surface area contributed by atoms with Crippen LogP contribution in [0.3, 0.4) is 0 Å². The van der Waals surface area contributed by atoms with Crippen LogP contribution in [-0.2, 0) is 4.79 Å². The lowest BCUT2D eigenvalue weighted by molar-refractivity contribution is -0.186. The van der Waals surface area contributed by atoms with Gasteiger partial charge in [-0.3, -0.25) is 4.79 Å². The molecule has 4 atom stereocenters. The van der Waals surface area contributed by atoms with Gasteiger partial charge >= 0.3 is 0 Å². The van der Waals surface area contributed by atoms with Gasteiger partial charge in [-0.25, -0.2) is 0 Å². The summed E-state index contributed by atoms with van der Waals surface area (Å²) in [5.41, 5.74) is -0.553. The molecule has 0 aromatic heterocycles. The van der Waals surface area contributed by atoms with Gasteiger partial charge in [-0.1, -0.05) is 6.92 Å². The molecule has 0 spiro atoms. The van der Waals surface area contributed by atoms with Crippen molar-refractivity contribution in [2.24, 2.45) is 23.2 Å². The maximum absolute atomic E-state index is 13.2. The van der Waals surface area contributed by atoms with Gasteiger partial charge in [0.2, 0.25) is 5.91 Å². The molecule has 5 aliphatic carbocycles. The molecule has 5 rings (SSSR count). The van der Waals surface area contributed by atoms with Crippen LogP contribution in [-0.4, -0.2) is 33.6 Å². The van der Waals surface area contributed by atoms with Crippen LogP contribution in [0.1, 0.15) is 65.2 Å². The fourth-order valence-corrected chi connectivity index (χ4v) is 6.38. The Morgan fingerprint density at radius 1 is 1.22 bits per heavy atom. The van der Waals surface area contributed by atoms with Crippen molar-refractivity contribution in [3.05, 3.63) is 0 Å². The highest BCUT2D eigenvalue weighted by molar-refractivity contribution is 5.80. The predicted molar refractivity (Wildman–Crippen MR) is 86.2 cm³/mol. The Morgan fingerprint density at radius 3 is 2.30 bits per heavy atom. The number of amides is 1. The molecule has 1 N–H and O–H groups in total. The molecular formula is C19H28N2O2. The highest BCUT2D eigenvalue weighted by atomic mass is 16.3. The zero-order chi connectivity index (χ0) is 16.4. The molecular weight excluding hydrogens is 288 g/mol. The van der Waals surface area contributed by atoms with Crippen LogP contribution in [0.4, 0.5) is 0 Å². The second-order valence-electron chi connectivity index (χ2n) is 9.05. The number of hydrogen-bond donors (Lipinski definition) is 1. The Morgan fingerprint density at radius 2 is 1.83 bits per heavy atom. The molecule has 1 amide bonds. The predicted octanol–water partition coefficient (Wildman–Crippen LogP) is 2.86. The van der Waals surface area contributed by atoms with Crippen LogP contribution < -0.4 is 0 Å². The fraction of sp³-hybridized carbons (Fsp3) is 0.895. The highest BCUT2D eigenvalue weighted by Crippen LogP contribution is 2.64. The Hall–Kier alpha value is -1.08. The van der Waals surface area contributed by atoms with E-state index < -0.39 is 5.60 Å². The zero-order valence-electron chi connectivity index (χ0n) is 14.3. The minimum Gasteiger partial charge on any atom is -0.390 e. The number of hydrogen-bond acceptors (Lipinski definition) is 3. The standard InChI is InChI=1S/C19H28N2O2/c1-12(10-20)21(16-3-4-16)17(22)13(2)18-6-14-5-15(7-18)9-19(23,8-14)11-18/h12-16,23H,3-9,11H2,1-2H3/t12-,13+,14?,15?,18?,19?/m0/s1. The van der Waals surface area contributed by atoms with E-state index in [0.717, 1.165) is 44.9 Å². The maximum Gasteiger partial charge on any atom is 0.227 e. The summed E-state index contributed by atoms with van der Waals surface area (Å²) in [6.45, 7) is 3.91. The summed E-state index contributed by atoms with van der Waals surface area (Å²) >= 11 is 0. The van der Waals surface area contributed by atoms with E-state index in [9.17, 15) is 15.2 Å². The van der Waals surface area contributed by atoms with E-state index >= 15 is 0 Å². The highest BCUT2D eigenvalue weighted by Gasteiger charge is 2.60. The smallest absolute Gasteiger partial charge is 0.227 e. The van der Waals surface area contributed by atoms with Gasteiger partial charge in [-0.15, -0.1) is 0 Å². The number of nitrogens with zero attached hydrogens (tertiary/aromatic N) is 2. The Kier molecular flexibility index (Phi) is 3.33. The summed E-state index contributed by atoms with van der Waals surface area (Å²) in [4.78, 5) is 15.1. The van der Waals surface area contributed by atoms with Gasteiger partial charge in [0.1, 0.15) is 6.04 Å². The van der Waals surface area contributed by atoms with Crippen molar-refractivity contribution in [1.29, 1.82) is 5.26 Å². The Balaban J connectivity index is 1.59. The topological polar surface area (TPSA) is 64.3 Å². The van der Waals surface area contributed by atoms with Crippen molar-refractivity contribution in [3.8, 4) is 6.07 Å². The second-order valence-corrected chi connectivity index (χ2v) is 9.05. The summed E-state index contributed by atoms with van der Waals surface area (Å²) in [6.07, 6.45) is 8.17. The molecule has 23 heavy (non-hydrogen) atoms. The van der Waals surface area contributed by atoms with Gasteiger partial charge in [-0.2, -0.15) is 5.26 Å². The molecule has 5 saturated carbocycles. The van der Waals surface area contributed by atoms with E-state index in [-0.39, 0.29) is 29.3 Å². The van der Waals surface area contributed by atoms with E-state index in [2.05, 4.69) is 13.0 Å². The summed E-state index contributed by atoms with van der Waals surface area (Å²) < 4.78 is 0. The summed E-state index contributed by atoms with van der Waals surface area (Å²) in [7, 11) is 0. The van der Waals surface area contributed by atoms with Gasteiger partial charge in [0.25, 0.3) is 0 Å². The number of carbonyl (C=O) groups excluding carboxylic acids is 1. The molecule has 4 nitrogen and oxygen atoms in total. The fourth-order valence-electron chi connectivity index (χ4n) is 6.38. The number of rotatable bonds is 4. The first-order chi connectivity index (χ1) is 10.9. The largest absolute Gasteiger partial charge is 0.390 e. The molecule has 0 aliphatic heterocycles. The normalized spacial score (nSPS) is 43.7. The molecule has 0 heterocycles. The molecule has 5 aliphatic rings. The van der Waals surface area contributed by atoms with Crippen LogP contribution in [0.5, 0.6) is 0 Å². The van der Waals surface area contributed by atoms with Crippen molar-refractivity contribution < 1.29 is 9.90 Å². The second kappa shape index (κ2) is 4.96. The first-order valence-corrected chi connectivity index (χ1v) is 9.30. The van der Waals surface area contributed by atoms with Gasteiger partial charge < -0.3 is 10.0 Å². The van der Waals surface area contributed by atoms with E-state index in [1.807, 2.05) is 11.8 Å². The van der Waals surface area contributed by atoms with Gasteiger partial charge in [0.15, 0.2) is 0 Å². The van der Waals surface area contributed by atoms with Crippen LogP contribution in [0.2, 0.25) is 0 Å². The van der Waals surface area contributed by atoms with E-state index in [1.54, 1.807) is 0 Å². The molecule has 4 heteroatoms. The minimum atomic E-state index is -0.524. The molecule has 0 saturated heterocycles. The third-order valence-corrected chi connectivity index (χ3v) is 7.16. The van der Waals surface area contributed by atoms with Crippen LogP contribution in [0.15, 0.2) is 0 Å². The summed E-state index contributed by atoms with van der Waals surface area (Å²) in [5.74, 6) is 1.28. The van der Waals surface area contributed by atoms with Crippen molar-refractivity contribution in [3.63, 3.8) is 0 Å². The summed E-state index contributed by atoms with van der Waals surface area (Å²) in [6, 6.07) is 2.20. The van der Waals surface area contributed by atoms with Crippen molar-refractivity contribution in [2.45, 2.75) is 82.9 Å². The van der Waals surface area contributed by atoms with E-state index in [0.29, 0.717) is 11.8 Å². The Labute approximate surface area is 138 Å². The molecule has 0 aromatic rings. The average molecular weight is 316 g/mol. The summed E-state index contributed by atoms with van der Waals surface area (Å²) in [5, 5.41) is 20.2. The Bertz CT molecular complexity index is 548. The lowest BCUT2D eigenvalue weighted by atomic mass is 9.45. The molecule has 4 bridgehead atoms. The van der Waals surface area contributed by atoms with E-state index in [1.165, 1.54) is 6.42 Å². The first kappa shape index (κ1) is 15.4. The van der Waals surface area contributed by atoms with E-state index in [4.69, 9.17) is 0 Å². The number of aliphatic hydroxyl groups is 1. The number of nitriles is 1. The van der Waals surface area contributed by atoms with Crippen molar-refractivity contribution >= 4 is 5.91 Å². The van der Waals surface area contributed by atoms with Gasteiger partial charge in [0, 0.05) is 12.0 Å². The van der Waals surface area contributed by atoms with Crippen LogP contribution in [0, 0.1) is 34.5 Å². The van der Waals surface area contributed by atoms with Gasteiger partial charge in [0.05, 0.1) is 11.7 Å². The lowest BCUT2D eigenvalue weighted by Crippen LogP contribution is -2.60. The maximum atomic E-state index is 13.2. The van der Waals surface area contributed by atoms with Crippen molar-refractivity contribution in [2.75, 3.05) is 0 Å². The van der Waals surface area contributed by atoms with Crippen LogP contribution >= 0.6 is 0 Å². The molecule has 0 aromatic carbocycles. The minimum absolute atomic E-state index is 0.0295. The first-order valence-electron chi connectivity index (χ1n) is 9.30. The zero-order valence-corrected chi connectivity index (χ0v) is 14.3.